The summed E-state index contributed by atoms with van der Waals surface area (Å²) in [6, 6.07) is 16.4. The van der Waals surface area contributed by atoms with E-state index in [1.165, 1.54) is 0 Å². The highest BCUT2D eigenvalue weighted by Crippen LogP contribution is 2.26. The Kier molecular flexibility index (Phi) is 6.00. The van der Waals surface area contributed by atoms with Crippen LogP contribution in [0.5, 0.6) is 0 Å². The van der Waals surface area contributed by atoms with E-state index in [1.54, 1.807) is 23.1 Å². The molecule has 4 rings (SSSR count). The number of rotatable bonds is 4. The zero-order valence-corrected chi connectivity index (χ0v) is 17.6. The maximum absolute atomic E-state index is 12.9. The van der Waals surface area contributed by atoms with Crippen LogP contribution < -0.4 is 0 Å². The summed E-state index contributed by atoms with van der Waals surface area (Å²) in [7, 11) is 0. The van der Waals surface area contributed by atoms with Gasteiger partial charge in [-0.05, 0) is 43.0 Å². The van der Waals surface area contributed by atoms with Crippen molar-refractivity contribution in [3.8, 4) is 11.3 Å². The van der Waals surface area contributed by atoms with Crippen LogP contribution in [-0.4, -0.2) is 41.5 Å². The highest BCUT2D eigenvalue weighted by Gasteiger charge is 2.22. The molecule has 1 saturated heterocycles. The fourth-order valence-corrected chi connectivity index (χ4v) is 3.79. The van der Waals surface area contributed by atoms with Crippen LogP contribution >= 0.6 is 11.6 Å². The molecule has 0 atom stereocenters. The lowest BCUT2D eigenvalue weighted by Crippen LogP contribution is -2.40. The van der Waals surface area contributed by atoms with Gasteiger partial charge in [0.1, 0.15) is 0 Å². The first-order valence-corrected chi connectivity index (χ1v) is 10.5. The number of nitrogens with zero attached hydrogens (tertiary/aromatic N) is 2. The van der Waals surface area contributed by atoms with Gasteiger partial charge in [0, 0.05) is 29.1 Å². The molecule has 1 aliphatic rings. The number of fused-ring (bicyclic) bond motifs is 1. The van der Waals surface area contributed by atoms with Crippen LogP contribution in [0.3, 0.4) is 0 Å². The Morgan fingerprint density at radius 3 is 2.53 bits per heavy atom. The van der Waals surface area contributed by atoms with Crippen LogP contribution in [0.25, 0.3) is 22.2 Å². The van der Waals surface area contributed by atoms with Crippen LogP contribution in [0.4, 0.5) is 0 Å². The fourth-order valence-electron chi connectivity index (χ4n) is 3.67. The number of carbonyl (C=O) groups is 2. The highest BCUT2D eigenvalue weighted by molar-refractivity contribution is 6.30. The van der Waals surface area contributed by atoms with Crippen molar-refractivity contribution in [3.05, 3.63) is 65.2 Å². The number of likely N-dealkylation sites (tertiary alicyclic amines) is 1. The molecule has 2 heterocycles. The fraction of sp³-hybridized carbons (Fsp3) is 0.292. The third kappa shape index (κ3) is 4.46. The van der Waals surface area contributed by atoms with E-state index in [9.17, 15) is 9.59 Å². The van der Waals surface area contributed by atoms with Gasteiger partial charge in [0.15, 0.2) is 6.61 Å². The molecule has 0 unspecified atom stereocenters. The Hall–Kier alpha value is -2.92. The maximum Gasteiger partial charge on any atom is 0.339 e. The van der Waals surface area contributed by atoms with Crippen LogP contribution in [0.1, 0.15) is 30.1 Å². The molecule has 3 aromatic rings. The lowest BCUT2D eigenvalue weighted by Gasteiger charge is -2.30. The summed E-state index contributed by atoms with van der Waals surface area (Å²) >= 11 is 5.99. The molecule has 5 nitrogen and oxygen atoms in total. The van der Waals surface area contributed by atoms with E-state index in [4.69, 9.17) is 16.3 Å². The first-order valence-electron chi connectivity index (χ1n) is 10.1. The lowest BCUT2D eigenvalue weighted by molar-refractivity contribution is -0.135. The number of esters is 1. The van der Waals surface area contributed by atoms with Crippen LogP contribution in [0, 0.1) is 5.92 Å². The zero-order chi connectivity index (χ0) is 21.1. The van der Waals surface area contributed by atoms with E-state index in [0.29, 0.717) is 33.1 Å². The van der Waals surface area contributed by atoms with E-state index in [2.05, 4.69) is 11.9 Å². The van der Waals surface area contributed by atoms with Gasteiger partial charge in [0.05, 0.1) is 16.8 Å². The van der Waals surface area contributed by atoms with Gasteiger partial charge in [-0.1, -0.05) is 48.9 Å². The summed E-state index contributed by atoms with van der Waals surface area (Å²) in [5.41, 5.74) is 2.57. The number of pyridine rings is 1. The third-order valence-electron chi connectivity index (χ3n) is 5.54. The molecule has 0 N–H and O–H groups in total. The number of para-hydroxylation sites is 1. The topological polar surface area (TPSA) is 59.5 Å². The van der Waals surface area contributed by atoms with Gasteiger partial charge in [-0.15, -0.1) is 0 Å². The van der Waals surface area contributed by atoms with Gasteiger partial charge in [0.25, 0.3) is 5.91 Å². The molecule has 2 aromatic carbocycles. The predicted octanol–water partition coefficient (Wildman–Crippen LogP) is 4.97. The monoisotopic (exact) mass is 422 g/mol. The molecule has 1 amide bonds. The molecule has 1 fully saturated rings. The van der Waals surface area contributed by atoms with E-state index in [0.717, 1.165) is 31.5 Å². The lowest BCUT2D eigenvalue weighted by atomic mass is 9.99. The predicted molar refractivity (Wildman–Crippen MR) is 117 cm³/mol. The Bertz CT molecular complexity index is 1070. The Balaban J connectivity index is 1.57. The number of carbonyl (C=O) groups excluding carboxylic acids is 2. The van der Waals surface area contributed by atoms with E-state index in [-0.39, 0.29) is 12.5 Å². The summed E-state index contributed by atoms with van der Waals surface area (Å²) in [6.45, 7) is 3.38. The molecular weight excluding hydrogens is 400 g/mol. The number of piperidine rings is 1. The standard InChI is InChI=1S/C24H23ClN2O3/c1-16-10-12-27(13-11-16)23(28)15-30-24(29)20-14-22(17-6-8-18(25)9-7-17)26-21-5-3-2-4-19(20)21/h2-9,14,16H,10-13,15H2,1H3. The quantitative estimate of drug-likeness (QED) is 0.557. The number of halogens is 1. The minimum atomic E-state index is -0.525. The normalized spacial score (nSPS) is 14.7. The molecule has 1 aromatic heterocycles. The first kappa shape index (κ1) is 20.4. The third-order valence-corrected chi connectivity index (χ3v) is 5.79. The second-order valence-electron chi connectivity index (χ2n) is 7.72. The molecular formula is C24H23ClN2O3. The first-order chi connectivity index (χ1) is 14.5. The SMILES string of the molecule is CC1CCN(C(=O)COC(=O)c2cc(-c3ccc(Cl)cc3)nc3ccccc23)CC1. The molecule has 0 radical (unpaired) electrons. The summed E-state index contributed by atoms with van der Waals surface area (Å²) in [5.74, 6) is -0.0415. The molecule has 6 heteroatoms. The molecule has 154 valence electrons. The van der Waals surface area contributed by atoms with E-state index >= 15 is 0 Å². The summed E-state index contributed by atoms with van der Waals surface area (Å²) < 4.78 is 5.41. The van der Waals surface area contributed by atoms with Crippen LogP contribution in [-0.2, 0) is 9.53 Å². The van der Waals surface area contributed by atoms with Crippen LogP contribution in [0.15, 0.2) is 54.6 Å². The summed E-state index contributed by atoms with van der Waals surface area (Å²) in [4.78, 5) is 31.8. The molecule has 0 spiro atoms. The van der Waals surface area contributed by atoms with Crippen molar-refractivity contribution >= 4 is 34.4 Å². The number of ether oxygens (including phenoxy) is 1. The van der Waals surface area contributed by atoms with Gasteiger partial charge in [-0.3, -0.25) is 4.79 Å². The van der Waals surface area contributed by atoms with Crippen molar-refractivity contribution in [2.45, 2.75) is 19.8 Å². The molecule has 1 aliphatic heterocycles. The van der Waals surface area contributed by atoms with Gasteiger partial charge < -0.3 is 9.64 Å². The Morgan fingerprint density at radius 1 is 1.10 bits per heavy atom. The second kappa shape index (κ2) is 8.84. The van der Waals surface area contributed by atoms with Gasteiger partial charge in [0.2, 0.25) is 0 Å². The Labute approximate surface area is 180 Å². The maximum atomic E-state index is 12.9. The van der Waals surface area contributed by atoms with Crippen molar-refractivity contribution in [2.75, 3.05) is 19.7 Å². The van der Waals surface area contributed by atoms with Gasteiger partial charge in [-0.25, -0.2) is 9.78 Å². The van der Waals surface area contributed by atoms with Crippen molar-refractivity contribution in [2.24, 2.45) is 5.92 Å². The molecule has 0 aliphatic carbocycles. The smallest absolute Gasteiger partial charge is 0.339 e. The summed E-state index contributed by atoms with van der Waals surface area (Å²) in [5, 5.41) is 1.32. The number of hydrogen-bond acceptors (Lipinski definition) is 4. The Morgan fingerprint density at radius 2 is 1.80 bits per heavy atom. The summed E-state index contributed by atoms with van der Waals surface area (Å²) in [6.07, 6.45) is 1.97. The van der Waals surface area contributed by atoms with Crippen LogP contribution in [0.2, 0.25) is 5.02 Å². The molecule has 30 heavy (non-hydrogen) atoms. The van der Waals surface area contributed by atoms with Crippen molar-refractivity contribution < 1.29 is 14.3 Å². The van der Waals surface area contributed by atoms with Gasteiger partial charge in [-0.2, -0.15) is 0 Å². The largest absolute Gasteiger partial charge is 0.452 e. The number of amides is 1. The van der Waals surface area contributed by atoms with Gasteiger partial charge >= 0.3 is 5.97 Å². The van der Waals surface area contributed by atoms with E-state index in [1.807, 2.05) is 36.4 Å². The van der Waals surface area contributed by atoms with Crippen molar-refractivity contribution in [1.82, 2.24) is 9.88 Å². The molecule has 0 saturated carbocycles. The van der Waals surface area contributed by atoms with Crippen molar-refractivity contribution in [3.63, 3.8) is 0 Å². The minimum absolute atomic E-state index is 0.147. The number of hydrogen-bond donors (Lipinski definition) is 0. The number of benzene rings is 2. The van der Waals surface area contributed by atoms with Crippen molar-refractivity contribution in [1.29, 1.82) is 0 Å². The molecule has 0 bridgehead atoms. The average molecular weight is 423 g/mol. The van der Waals surface area contributed by atoms with E-state index < -0.39 is 5.97 Å². The number of aromatic nitrogens is 1. The zero-order valence-electron chi connectivity index (χ0n) is 16.8. The average Bonchev–Trinajstić information content (AvgIpc) is 2.77. The highest BCUT2D eigenvalue weighted by atomic mass is 35.5. The minimum Gasteiger partial charge on any atom is -0.452 e. The second-order valence-corrected chi connectivity index (χ2v) is 8.15.